The van der Waals surface area contributed by atoms with Crippen LogP contribution in [0.2, 0.25) is 0 Å². The van der Waals surface area contributed by atoms with Gasteiger partial charge in [0.05, 0.1) is 21.3 Å². The third-order valence-corrected chi connectivity index (χ3v) is 3.46. The Morgan fingerprint density at radius 3 is 2.68 bits per heavy atom. The topological polar surface area (TPSA) is 56.8 Å². The van der Waals surface area contributed by atoms with Crippen molar-refractivity contribution in [2.75, 3.05) is 21.3 Å². The smallest absolute Gasteiger partial charge is 0.407 e. The molecule has 104 valence electrons. The van der Waals surface area contributed by atoms with E-state index in [1.807, 2.05) is 12.1 Å². The Hall–Kier alpha value is -1.91. The number of hydrogen-bond acceptors (Lipinski definition) is 4. The summed E-state index contributed by atoms with van der Waals surface area (Å²) in [6, 6.07) is 4.04. The molecule has 19 heavy (non-hydrogen) atoms. The van der Waals surface area contributed by atoms with Crippen LogP contribution in [0, 0.1) is 0 Å². The highest BCUT2D eigenvalue weighted by molar-refractivity contribution is 5.67. The molecule has 5 nitrogen and oxygen atoms in total. The maximum atomic E-state index is 11.2. The largest absolute Gasteiger partial charge is 0.493 e. The first-order valence-electron chi connectivity index (χ1n) is 6.26. The van der Waals surface area contributed by atoms with Crippen LogP contribution in [0.3, 0.4) is 0 Å². The lowest BCUT2D eigenvalue weighted by Crippen LogP contribution is -2.38. The van der Waals surface area contributed by atoms with Gasteiger partial charge in [-0.1, -0.05) is 6.07 Å². The lowest BCUT2D eigenvalue weighted by molar-refractivity contribution is 0.165. The van der Waals surface area contributed by atoms with E-state index in [0.717, 1.165) is 30.8 Å². The molecule has 1 aliphatic carbocycles. The van der Waals surface area contributed by atoms with Crippen molar-refractivity contribution in [1.29, 1.82) is 0 Å². The second kappa shape index (κ2) is 5.82. The zero-order chi connectivity index (χ0) is 13.8. The number of ether oxygens (including phenoxy) is 3. The van der Waals surface area contributed by atoms with Gasteiger partial charge in [-0.2, -0.15) is 0 Å². The van der Waals surface area contributed by atoms with E-state index in [0.29, 0.717) is 0 Å². The van der Waals surface area contributed by atoms with Crippen molar-refractivity contribution in [1.82, 2.24) is 5.32 Å². The van der Waals surface area contributed by atoms with Gasteiger partial charge in [0.25, 0.3) is 0 Å². The van der Waals surface area contributed by atoms with Crippen LogP contribution in [0.1, 0.15) is 17.5 Å². The van der Waals surface area contributed by atoms with Crippen molar-refractivity contribution in [2.45, 2.75) is 25.3 Å². The van der Waals surface area contributed by atoms with Crippen LogP contribution in [0.4, 0.5) is 4.79 Å². The molecule has 1 atom stereocenters. The summed E-state index contributed by atoms with van der Waals surface area (Å²) in [6.07, 6.45) is 2.12. The van der Waals surface area contributed by atoms with Crippen molar-refractivity contribution in [2.24, 2.45) is 0 Å². The Bertz CT molecular complexity index is 473. The van der Waals surface area contributed by atoms with E-state index in [-0.39, 0.29) is 12.1 Å². The molecule has 0 radical (unpaired) electrons. The average Bonchev–Trinajstić information content (AvgIpc) is 2.45. The second-order valence-corrected chi connectivity index (χ2v) is 4.51. The number of benzene rings is 1. The van der Waals surface area contributed by atoms with Crippen molar-refractivity contribution >= 4 is 6.09 Å². The van der Waals surface area contributed by atoms with Gasteiger partial charge < -0.3 is 19.5 Å². The van der Waals surface area contributed by atoms with Gasteiger partial charge >= 0.3 is 6.09 Å². The minimum absolute atomic E-state index is 0.109. The molecule has 0 fully saturated rings. The number of hydrogen-bond donors (Lipinski definition) is 1. The highest BCUT2D eigenvalue weighted by Gasteiger charge is 2.24. The van der Waals surface area contributed by atoms with Crippen LogP contribution in [0.25, 0.3) is 0 Å². The average molecular weight is 265 g/mol. The van der Waals surface area contributed by atoms with Crippen LogP contribution in [0.15, 0.2) is 12.1 Å². The van der Waals surface area contributed by atoms with E-state index in [2.05, 4.69) is 10.1 Å². The summed E-state index contributed by atoms with van der Waals surface area (Å²) in [5.41, 5.74) is 2.36. The van der Waals surface area contributed by atoms with Gasteiger partial charge in [0.15, 0.2) is 11.5 Å². The first kappa shape index (κ1) is 13.5. The maximum absolute atomic E-state index is 11.2. The van der Waals surface area contributed by atoms with Gasteiger partial charge in [0.1, 0.15) is 0 Å². The molecule has 2 rings (SSSR count). The molecular weight excluding hydrogens is 246 g/mol. The van der Waals surface area contributed by atoms with Crippen molar-refractivity contribution in [3.63, 3.8) is 0 Å². The summed E-state index contributed by atoms with van der Waals surface area (Å²) in [7, 11) is 4.66. The van der Waals surface area contributed by atoms with Gasteiger partial charge in [0.2, 0.25) is 0 Å². The number of rotatable bonds is 3. The third kappa shape index (κ3) is 2.75. The Morgan fingerprint density at radius 1 is 1.26 bits per heavy atom. The SMILES string of the molecule is COC(=O)NC1CCc2c(ccc(OC)c2OC)C1. The fraction of sp³-hybridized carbons (Fsp3) is 0.500. The highest BCUT2D eigenvalue weighted by atomic mass is 16.5. The van der Waals surface area contributed by atoms with Crippen LogP contribution >= 0.6 is 0 Å². The zero-order valence-corrected chi connectivity index (χ0v) is 11.5. The quantitative estimate of drug-likeness (QED) is 0.907. The van der Waals surface area contributed by atoms with Crippen molar-refractivity contribution in [3.8, 4) is 11.5 Å². The van der Waals surface area contributed by atoms with E-state index < -0.39 is 0 Å². The van der Waals surface area contributed by atoms with E-state index in [4.69, 9.17) is 9.47 Å². The molecule has 1 aromatic carbocycles. The number of methoxy groups -OCH3 is 3. The lowest BCUT2D eigenvalue weighted by atomic mass is 9.87. The summed E-state index contributed by atoms with van der Waals surface area (Å²) >= 11 is 0. The molecule has 1 unspecified atom stereocenters. The highest BCUT2D eigenvalue weighted by Crippen LogP contribution is 2.37. The molecule has 1 N–H and O–H groups in total. The second-order valence-electron chi connectivity index (χ2n) is 4.51. The van der Waals surface area contributed by atoms with E-state index in [1.54, 1.807) is 14.2 Å². The maximum Gasteiger partial charge on any atom is 0.407 e. The fourth-order valence-electron chi connectivity index (χ4n) is 2.53. The van der Waals surface area contributed by atoms with Gasteiger partial charge in [-0.3, -0.25) is 0 Å². The standard InChI is InChI=1S/C14H19NO4/c1-17-12-7-4-9-8-10(15-14(16)19-3)5-6-11(9)13(12)18-2/h4,7,10H,5-6,8H2,1-3H3,(H,15,16). The normalized spacial score (nSPS) is 17.3. The van der Waals surface area contributed by atoms with E-state index >= 15 is 0 Å². The molecule has 0 bridgehead atoms. The Kier molecular flexibility index (Phi) is 4.14. The molecule has 1 aromatic rings. The van der Waals surface area contributed by atoms with E-state index in [1.165, 1.54) is 18.2 Å². The van der Waals surface area contributed by atoms with Crippen LogP contribution in [-0.2, 0) is 17.6 Å². The Morgan fingerprint density at radius 2 is 2.05 bits per heavy atom. The number of carbonyl (C=O) groups excluding carboxylic acids is 1. The van der Waals surface area contributed by atoms with Gasteiger partial charge in [-0.05, 0) is 30.9 Å². The Labute approximate surface area is 112 Å². The molecule has 0 saturated carbocycles. The van der Waals surface area contributed by atoms with Gasteiger partial charge in [0, 0.05) is 11.6 Å². The molecular formula is C14H19NO4. The van der Waals surface area contributed by atoms with Crippen molar-refractivity contribution < 1.29 is 19.0 Å². The molecule has 0 aromatic heterocycles. The molecule has 0 heterocycles. The zero-order valence-electron chi connectivity index (χ0n) is 11.5. The third-order valence-electron chi connectivity index (χ3n) is 3.46. The predicted octanol–water partition coefficient (Wildman–Crippen LogP) is 1.92. The number of carbonyl (C=O) groups is 1. The van der Waals surface area contributed by atoms with Crippen LogP contribution < -0.4 is 14.8 Å². The molecule has 5 heteroatoms. The van der Waals surface area contributed by atoms with Gasteiger partial charge in [-0.25, -0.2) is 4.79 Å². The molecule has 0 saturated heterocycles. The van der Waals surface area contributed by atoms with Crippen LogP contribution in [-0.4, -0.2) is 33.5 Å². The van der Waals surface area contributed by atoms with Crippen LogP contribution in [0.5, 0.6) is 11.5 Å². The molecule has 1 amide bonds. The summed E-state index contributed by atoms with van der Waals surface area (Å²) in [5, 5.41) is 2.84. The van der Waals surface area contributed by atoms with E-state index in [9.17, 15) is 4.79 Å². The first-order valence-corrected chi connectivity index (χ1v) is 6.26. The molecule has 1 aliphatic rings. The number of amides is 1. The number of fused-ring (bicyclic) bond motifs is 1. The summed E-state index contributed by atoms with van der Waals surface area (Å²) in [5.74, 6) is 1.55. The number of nitrogens with one attached hydrogen (secondary N) is 1. The minimum Gasteiger partial charge on any atom is -0.493 e. The van der Waals surface area contributed by atoms with Gasteiger partial charge in [-0.15, -0.1) is 0 Å². The summed E-state index contributed by atoms with van der Waals surface area (Å²) in [4.78, 5) is 11.2. The summed E-state index contributed by atoms with van der Waals surface area (Å²) < 4.78 is 15.4. The number of alkyl carbamates (subject to hydrolysis) is 1. The molecule has 0 spiro atoms. The monoisotopic (exact) mass is 265 g/mol. The Balaban J connectivity index is 2.20. The van der Waals surface area contributed by atoms with Crippen molar-refractivity contribution in [3.05, 3.63) is 23.3 Å². The summed E-state index contributed by atoms with van der Waals surface area (Å²) in [6.45, 7) is 0. The first-order chi connectivity index (χ1) is 9.19. The lowest BCUT2D eigenvalue weighted by Gasteiger charge is -2.27. The molecule has 0 aliphatic heterocycles. The fourth-order valence-corrected chi connectivity index (χ4v) is 2.53. The predicted molar refractivity (Wildman–Crippen MR) is 70.9 cm³/mol. The minimum atomic E-state index is -0.381.